The van der Waals surface area contributed by atoms with Crippen molar-refractivity contribution in [2.45, 2.75) is 32.4 Å². The van der Waals surface area contributed by atoms with Crippen molar-refractivity contribution in [3.05, 3.63) is 23.8 Å². The van der Waals surface area contributed by atoms with Crippen molar-refractivity contribution in [1.29, 1.82) is 0 Å². The minimum absolute atomic E-state index is 0.266. The van der Waals surface area contributed by atoms with Crippen LogP contribution in [0.25, 0.3) is 0 Å². The lowest BCUT2D eigenvalue weighted by Crippen LogP contribution is -2.32. The number of nitrogens with one attached hydrogen (secondary N) is 2. The topological polar surface area (TPSA) is 44.3 Å². The van der Waals surface area contributed by atoms with Crippen LogP contribution in [-0.2, 0) is 0 Å². The third-order valence-electron chi connectivity index (χ3n) is 2.71. The van der Waals surface area contributed by atoms with Crippen LogP contribution in [0.15, 0.2) is 18.2 Å². The predicted molar refractivity (Wildman–Crippen MR) is 62.2 cm³/mol. The first-order chi connectivity index (χ1) is 7.18. The molecule has 0 spiro atoms. The van der Waals surface area contributed by atoms with Gasteiger partial charge in [-0.25, -0.2) is 0 Å². The van der Waals surface area contributed by atoms with Gasteiger partial charge in [0, 0.05) is 29.9 Å². The molecule has 0 bridgehead atoms. The van der Waals surface area contributed by atoms with Crippen LogP contribution in [0.5, 0.6) is 5.75 Å². The van der Waals surface area contributed by atoms with E-state index < -0.39 is 0 Å². The molecule has 82 valence electrons. The highest BCUT2D eigenvalue weighted by Crippen LogP contribution is 2.36. The summed E-state index contributed by atoms with van der Waals surface area (Å²) in [5.41, 5.74) is 2.07. The zero-order valence-electron chi connectivity index (χ0n) is 9.25. The summed E-state index contributed by atoms with van der Waals surface area (Å²) in [5, 5.41) is 16.6. The van der Waals surface area contributed by atoms with Gasteiger partial charge < -0.3 is 15.7 Å². The molecule has 1 aromatic carbocycles. The van der Waals surface area contributed by atoms with Gasteiger partial charge in [0.05, 0.1) is 0 Å². The molecule has 1 atom stereocenters. The van der Waals surface area contributed by atoms with Gasteiger partial charge in [-0.2, -0.15) is 0 Å². The number of fused-ring (bicyclic) bond motifs is 1. The van der Waals surface area contributed by atoms with E-state index in [0.717, 1.165) is 24.2 Å². The number of anilines is 1. The molecule has 1 aliphatic heterocycles. The Hall–Kier alpha value is -1.22. The van der Waals surface area contributed by atoms with Gasteiger partial charge in [0.25, 0.3) is 0 Å². The predicted octanol–water partition coefficient (Wildman–Crippen LogP) is 2.25. The molecule has 0 fully saturated rings. The van der Waals surface area contributed by atoms with Gasteiger partial charge in [-0.05, 0) is 18.6 Å². The minimum Gasteiger partial charge on any atom is -0.508 e. The van der Waals surface area contributed by atoms with Crippen LogP contribution < -0.4 is 10.6 Å². The Labute approximate surface area is 90.5 Å². The van der Waals surface area contributed by atoms with Crippen LogP contribution >= 0.6 is 0 Å². The number of hydrogen-bond acceptors (Lipinski definition) is 3. The maximum Gasteiger partial charge on any atom is 0.122 e. The van der Waals surface area contributed by atoms with Gasteiger partial charge in [-0.15, -0.1) is 0 Å². The van der Waals surface area contributed by atoms with E-state index in [2.05, 4.69) is 24.5 Å². The highest BCUT2D eigenvalue weighted by Gasteiger charge is 2.23. The van der Waals surface area contributed by atoms with E-state index in [4.69, 9.17) is 0 Å². The molecule has 3 nitrogen and oxygen atoms in total. The van der Waals surface area contributed by atoms with Gasteiger partial charge in [-0.1, -0.05) is 19.9 Å². The molecule has 0 aromatic heterocycles. The van der Waals surface area contributed by atoms with Crippen LogP contribution in [-0.4, -0.2) is 17.7 Å². The summed E-state index contributed by atoms with van der Waals surface area (Å²) in [5.74, 6) is 0.387. The summed E-state index contributed by atoms with van der Waals surface area (Å²) in [6.45, 7) is 5.21. The molecule has 1 aliphatic rings. The summed E-state index contributed by atoms with van der Waals surface area (Å²) in [6.07, 6.45) is 1.02. The smallest absolute Gasteiger partial charge is 0.122 e. The number of benzene rings is 1. The van der Waals surface area contributed by atoms with Crippen LogP contribution in [0.2, 0.25) is 0 Å². The first-order valence-electron chi connectivity index (χ1n) is 5.50. The Morgan fingerprint density at radius 2 is 2.27 bits per heavy atom. The Kier molecular flexibility index (Phi) is 2.82. The van der Waals surface area contributed by atoms with Crippen LogP contribution in [0, 0.1) is 0 Å². The third kappa shape index (κ3) is 2.07. The summed E-state index contributed by atoms with van der Waals surface area (Å²) in [7, 11) is 0. The molecule has 1 unspecified atom stereocenters. The second-order valence-electron chi connectivity index (χ2n) is 4.33. The van der Waals surface area contributed by atoms with Gasteiger partial charge >= 0.3 is 0 Å². The van der Waals surface area contributed by atoms with Gasteiger partial charge in [0.2, 0.25) is 0 Å². The van der Waals surface area contributed by atoms with E-state index in [-0.39, 0.29) is 6.04 Å². The molecule has 0 saturated carbocycles. The van der Waals surface area contributed by atoms with Crippen LogP contribution in [0.4, 0.5) is 5.69 Å². The molecule has 0 radical (unpaired) electrons. The van der Waals surface area contributed by atoms with Gasteiger partial charge in [0.15, 0.2) is 0 Å². The summed E-state index contributed by atoms with van der Waals surface area (Å²) >= 11 is 0. The fourth-order valence-electron chi connectivity index (χ4n) is 2.14. The second-order valence-corrected chi connectivity index (χ2v) is 4.33. The number of aromatic hydroxyl groups is 1. The van der Waals surface area contributed by atoms with Crippen molar-refractivity contribution in [2.24, 2.45) is 0 Å². The molecular weight excluding hydrogens is 188 g/mol. The Bertz CT molecular complexity index is 349. The van der Waals surface area contributed by atoms with E-state index in [1.165, 1.54) is 0 Å². The highest BCUT2D eigenvalue weighted by atomic mass is 16.3. The van der Waals surface area contributed by atoms with E-state index in [1.807, 2.05) is 12.1 Å². The normalized spacial score (nSPS) is 19.8. The van der Waals surface area contributed by atoms with E-state index in [1.54, 1.807) is 6.07 Å². The lowest BCUT2D eigenvalue weighted by molar-refractivity contribution is 0.416. The Balaban J connectivity index is 2.32. The maximum absolute atomic E-state index is 9.86. The van der Waals surface area contributed by atoms with E-state index in [9.17, 15) is 5.11 Å². The minimum atomic E-state index is 0.266. The van der Waals surface area contributed by atoms with Crippen molar-refractivity contribution in [3.63, 3.8) is 0 Å². The van der Waals surface area contributed by atoms with Gasteiger partial charge in [0.1, 0.15) is 5.75 Å². The largest absolute Gasteiger partial charge is 0.508 e. The third-order valence-corrected chi connectivity index (χ3v) is 2.71. The first-order valence-corrected chi connectivity index (χ1v) is 5.50. The standard InChI is InChI=1S/C12H18N2O/c1-8(2)14-10-6-7-13-9-4-3-5-11(15)12(9)10/h3-5,8,10,13-15H,6-7H2,1-2H3. The summed E-state index contributed by atoms with van der Waals surface area (Å²) in [6, 6.07) is 6.34. The van der Waals surface area contributed by atoms with Crippen molar-refractivity contribution < 1.29 is 5.11 Å². The molecule has 15 heavy (non-hydrogen) atoms. The highest BCUT2D eigenvalue weighted by molar-refractivity contribution is 5.60. The van der Waals surface area contributed by atoms with Crippen LogP contribution in [0.3, 0.4) is 0 Å². The first kappa shape index (κ1) is 10.3. The van der Waals surface area contributed by atoms with E-state index in [0.29, 0.717) is 11.8 Å². The second kappa shape index (κ2) is 4.11. The molecule has 0 aliphatic carbocycles. The Morgan fingerprint density at radius 3 is 3.00 bits per heavy atom. The monoisotopic (exact) mass is 206 g/mol. The molecule has 3 N–H and O–H groups in total. The molecule has 1 aromatic rings. The Morgan fingerprint density at radius 1 is 1.47 bits per heavy atom. The fraction of sp³-hybridized carbons (Fsp3) is 0.500. The molecule has 0 saturated heterocycles. The number of rotatable bonds is 2. The lowest BCUT2D eigenvalue weighted by atomic mass is 9.96. The van der Waals surface area contributed by atoms with Crippen LogP contribution in [0.1, 0.15) is 31.9 Å². The van der Waals surface area contributed by atoms with Crippen molar-refractivity contribution in [1.82, 2.24) is 5.32 Å². The number of hydrogen-bond donors (Lipinski definition) is 3. The lowest BCUT2D eigenvalue weighted by Gasteiger charge is -2.29. The quantitative estimate of drug-likeness (QED) is 0.695. The molecule has 3 heteroatoms. The number of phenolic OH excluding ortho intramolecular Hbond substituents is 1. The molecule has 2 rings (SSSR count). The average molecular weight is 206 g/mol. The molecule has 0 amide bonds. The molecular formula is C12H18N2O. The van der Waals surface area contributed by atoms with Gasteiger partial charge in [-0.3, -0.25) is 0 Å². The zero-order chi connectivity index (χ0) is 10.8. The van der Waals surface area contributed by atoms with E-state index >= 15 is 0 Å². The zero-order valence-corrected chi connectivity index (χ0v) is 9.25. The molecule has 1 heterocycles. The summed E-state index contributed by atoms with van der Waals surface area (Å²) < 4.78 is 0. The average Bonchev–Trinajstić information content (AvgIpc) is 2.17. The van der Waals surface area contributed by atoms with Crippen molar-refractivity contribution in [2.75, 3.05) is 11.9 Å². The fourth-order valence-corrected chi connectivity index (χ4v) is 2.14. The maximum atomic E-state index is 9.86. The summed E-state index contributed by atoms with van der Waals surface area (Å²) in [4.78, 5) is 0. The van der Waals surface area contributed by atoms with Crippen molar-refractivity contribution >= 4 is 5.69 Å². The van der Waals surface area contributed by atoms with Crippen molar-refractivity contribution in [3.8, 4) is 5.75 Å². The number of phenols is 1. The SMILES string of the molecule is CC(C)NC1CCNc2cccc(O)c21.